The summed E-state index contributed by atoms with van der Waals surface area (Å²) >= 11 is 0. The Morgan fingerprint density at radius 1 is 0.556 bits per heavy atom. The topological polar surface area (TPSA) is 25.3 Å². The average Bonchev–Trinajstić information content (AvgIpc) is 3.24. The third kappa shape index (κ3) is 7.28. The molecule has 0 saturated carbocycles. The molecule has 1 aliphatic heterocycles. The Kier molecular flexibility index (Phi) is 11.2. The van der Waals surface area contributed by atoms with Crippen LogP contribution in [0.3, 0.4) is 0 Å². The van der Waals surface area contributed by atoms with Crippen LogP contribution in [0.1, 0.15) is 126 Å². The number of aryl methyl sites for hydroxylation is 4. The quantitative estimate of drug-likeness (QED) is 0.177. The molecule has 0 amide bonds. The summed E-state index contributed by atoms with van der Waals surface area (Å²) in [5.74, 6) is 0. The lowest BCUT2D eigenvalue weighted by Crippen LogP contribution is -2.05. The van der Waals surface area contributed by atoms with Crippen molar-refractivity contribution in [2.75, 3.05) is 0 Å². The lowest BCUT2D eigenvalue weighted by Gasteiger charge is -2.14. The average molecular weight is 485 g/mol. The Hall–Kier alpha value is -2.48. The summed E-state index contributed by atoms with van der Waals surface area (Å²) < 4.78 is 1.51. The molecule has 2 aromatic rings. The molecule has 36 heavy (non-hydrogen) atoms. The number of rotatable bonds is 15. The van der Waals surface area contributed by atoms with E-state index in [2.05, 4.69) is 77.1 Å². The van der Waals surface area contributed by atoms with Gasteiger partial charge in [-0.25, -0.2) is 4.70 Å². The molecule has 0 saturated heterocycles. The smallest absolute Gasteiger partial charge is 0.210 e. The molecule has 2 heteroatoms. The second-order valence-corrected chi connectivity index (χ2v) is 10.5. The van der Waals surface area contributed by atoms with Gasteiger partial charge in [0, 0.05) is 22.8 Å². The largest absolute Gasteiger partial charge is 0.493 e. The van der Waals surface area contributed by atoms with Gasteiger partial charge < -0.3 is 5.53 Å². The molecule has 0 fully saturated rings. The van der Waals surface area contributed by atoms with Crippen LogP contribution in [0, 0.1) is 0 Å². The molecule has 0 atom stereocenters. The van der Waals surface area contributed by atoms with Gasteiger partial charge in [0.2, 0.25) is 11.4 Å². The minimum absolute atomic E-state index is 0.926. The lowest BCUT2D eigenvalue weighted by molar-refractivity contribution is -0.344. The van der Waals surface area contributed by atoms with Crippen LogP contribution in [0.15, 0.2) is 48.0 Å². The van der Waals surface area contributed by atoms with Crippen LogP contribution >= 0.6 is 0 Å². The fourth-order valence-corrected chi connectivity index (χ4v) is 5.27. The van der Waals surface area contributed by atoms with Gasteiger partial charge in [0.05, 0.1) is 0 Å². The van der Waals surface area contributed by atoms with Crippen LogP contribution in [-0.4, -0.2) is 4.70 Å². The molecule has 3 rings (SSSR count). The first-order valence-corrected chi connectivity index (χ1v) is 14.7. The maximum absolute atomic E-state index is 11.7. The summed E-state index contributed by atoms with van der Waals surface area (Å²) in [6.07, 6.45) is 17.2. The molecular weight excluding hydrogens is 436 g/mol. The summed E-state index contributed by atoms with van der Waals surface area (Å²) in [6, 6.07) is 13.9. The van der Waals surface area contributed by atoms with E-state index in [-0.39, 0.29) is 0 Å². The molecule has 2 aromatic carbocycles. The van der Waals surface area contributed by atoms with Crippen LogP contribution in [0.2, 0.25) is 0 Å². The summed E-state index contributed by atoms with van der Waals surface area (Å²) in [6.45, 7) is 11.2. The molecule has 0 spiro atoms. The number of benzene rings is 2. The van der Waals surface area contributed by atoms with E-state index in [0.717, 1.165) is 55.5 Å². The fourth-order valence-electron chi connectivity index (χ4n) is 5.27. The third-order valence-electron chi connectivity index (χ3n) is 7.48. The minimum Gasteiger partial charge on any atom is -0.493 e. The van der Waals surface area contributed by atoms with E-state index >= 15 is 0 Å². The first-order valence-electron chi connectivity index (χ1n) is 14.7. The van der Waals surface area contributed by atoms with E-state index < -0.39 is 0 Å². The summed E-state index contributed by atoms with van der Waals surface area (Å²) in [5.41, 5.74) is 22.7. The van der Waals surface area contributed by atoms with Crippen LogP contribution in [0.4, 0.5) is 0 Å². The van der Waals surface area contributed by atoms with Gasteiger partial charge in [-0.2, -0.15) is 0 Å². The Morgan fingerprint density at radius 3 is 1.61 bits per heavy atom. The Labute approximate surface area is 221 Å². The molecule has 0 aromatic heterocycles. The molecule has 1 heterocycles. The Morgan fingerprint density at radius 2 is 1.08 bits per heavy atom. The molecule has 0 unspecified atom stereocenters. The first kappa shape index (κ1) is 28.1. The maximum atomic E-state index is 11.7. The van der Waals surface area contributed by atoms with Gasteiger partial charge in [-0.15, -0.1) is 0 Å². The van der Waals surface area contributed by atoms with Crippen molar-refractivity contribution < 1.29 is 4.70 Å². The molecule has 0 bridgehead atoms. The predicted octanol–water partition coefficient (Wildman–Crippen LogP) is 10.3. The van der Waals surface area contributed by atoms with Crippen molar-refractivity contribution in [3.8, 4) is 0 Å². The van der Waals surface area contributed by atoms with Gasteiger partial charge >= 0.3 is 0 Å². The lowest BCUT2D eigenvalue weighted by atomic mass is 9.95. The minimum atomic E-state index is 0.926. The van der Waals surface area contributed by atoms with Crippen molar-refractivity contribution in [3.63, 3.8) is 0 Å². The van der Waals surface area contributed by atoms with Gasteiger partial charge in [-0.1, -0.05) is 78.9 Å². The van der Waals surface area contributed by atoms with Crippen LogP contribution in [0.5, 0.6) is 0 Å². The molecular formula is C34H48N2. The normalized spacial score (nSPS) is 13.6. The summed E-state index contributed by atoms with van der Waals surface area (Å²) in [4.78, 5) is 0. The van der Waals surface area contributed by atoms with E-state index in [0.29, 0.717) is 0 Å². The van der Waals surface area contributed by atoms with Gasteiger partial charge in [0.1, 0.15) is 0 Å². The Balaban J connectivity index is 2.05. The number of unbranched alkanes of at least 4 members (excludes halogenated alkanes) is 5. The molecule has 1 aliphatic rings. The highest BCUT2D eigenvalue weighted by Crippen LogP contribution is 2.39. The van der Waals surface area contributed by atoms with E-state index in [1.54, 1.807) is 0 Å². The summed E-state index contributed by atoms with van der Waals surface area (Å²) in [5, 5.41) is 0. The van der Waals surface area contributed by atoms with E-state index in [1.165, 1.54) is 83.0 Å². The number of hydrogen-bond donors (Lipinski definition) is 0. The molecule has 194 valence electrons. The van der Waals surface area contributed by atoms with E-state index in [1.807, 2.05) is 0 Å². The van der Waals surface area contributed by atoms with Crippen LogP contribution < -0.4 is 0 Å². The third-order valence-corrected chi connectivity index (χ3v) is 7.48. The molecule has 0 aliphatic carbocycles. The van der Waals surface area contributed by atoms with Crippen LogP contribution in [-0.2, 0) is 25.7 Å². The van der Waals surface area contributed by atoms with Crippen LogP contribution in [0.25, 0.3) is 16.9 Å². The van der Waals surface area contributed by atoms with Crippen molar-refractivity contribution in [1.29, 1.82) is 0 Å². The zero-order valence-corrected chi connectivity index (χ0v) is 23.6. The molecule has 2 nitrogen and oxygen atoms in total. The standard InChI is InChI=1S/C34H48N2/c1-6-11-14-15-18-30-25-33(31-21-26(9-4)19-27(10-5)22-31)36(35)34(30)32-23-28(16-12-7-2)20-29(24-32)17-13-8-3/h19-25H,6-18H2,1-5H3. The van der Waals surface area contributed by atoms with Gasteiger partial charge in [-0.05, 0) is 97.9 Å². The zero-order chi connectivity index (χ0) is 25.9. The van der Waals surface area contributed by atoms with E-state index in [4.69, 9.17) is 0 Å². The second-order valence-electron chi connectivity index (χ2n) is 10.5. The highest BCUT2D eigenvalue weighted by atomic mass is 15.2. The zero-order valence-electron chi connectivity index (χ0n) is 23.6. The number of nitrogens with zero attached hydrogens (tertiary/aromatic N) is 2. The second kappa shape index (κ2) is 14.3. The van der Waals surface area contributed by atoms with Gasteiger partial charge in [0.15, 0.2) is 0 Å². The monoisotopic (exact) mass is 484 g/mol. The maximum Gasteiger partial charge on any atom is 0.210 e. The highest BCUT2D eigenvalue weighted by Gasteiger charge is 2.29. The predicted molar refractivity (Wildman–Crippen MR) is 156 cm³/mol. The SMILES string of the molecule is CCCCCCC1=C(c2cc(CCCC)cc(CCCC)c2)[N+](=[N-])C(c2cc(CC)cc(CC)c2)=C1. The first-order chi connectivity index (χ1) is 17.5. The molecule has 0 radical (unpaired) electrons. The van der Waals surface area contributed by atoms with Crippen molar-refractivity contribution >= 4 is 11.4 Å². The Bertz CT molecular complexity index is 1040. The van der Waals surface area contributed by atoms with Gasteiger partial charge in [0.25, 0.3) is 0 Å². The fraction of sp³-hybridized carbons (Fsp3) is 0.529. The van der Waals surface area contributed by atoms with E-state index in [9.17, 15) is 5.53 Å². The van der Waals surface area contributed by atoms with Gasteiger partial charge in [-0.3, -0.25) is 0 Å². The van der Waals surface area contributed by atoms with Crippen molar-refractivity contribution in [2.24, 2.45) is 0 Å². The molecule has 0 N–H and O–H groups in total. The summed E-state index contributed by atoms with van der Waals surface area (Å²) in [7, 11) is 0. The van der Waals surface area contributed by atoms with Crippen molar-refractivity contribution in [1.82, 2.24) is 0 Å². The number of hydrogen-bond acceptors (Lipinski definition) is 0. The highest BCUT2D eigenvalue weighted by molar-refractivity contribution is 5.79. The van der Waals surface area contributed by atoms with Crippen molar-refractivity contribution in [2.45, 2.75) is 118 Å². The number of allylic oxidation sites excluding steroid dienone is 2. The van der Waals surface area contributed by atoms with Crippen molar-refractivity contribution in [3.05, 3.63) is 87.0 Å².